The highest BCUT2D eigenvalue weighted by atomic mass is 35.5. The molecule has 1 fully saturated rings. The van der Waals surface area contributed by atoms with Gasteiger partial charge in [-0.25, -0.2) is 0 Å². The van der Waals surface area contributed by atoms with Crippen LogP contribution in [0.5, 0.6) is 5.88 Å². The predicted molar refractivity (Wildman–Crippen MR) is 126 cm³/mol. The van der Waals surface area contributed by atoms with Crippen LogP contribution in [0, 0.1) is 0 Å². The Labute approximate surface area is 201 Å². The highest BCUT2D eigenvalue weighted by Gasteiger charge is 2.34. The number of hydrogen-bond acceptors (Lipinski definition) is 7. The zero-order valence-corrected chi connectivity index (χ0v) is 19.3. The minimum Gasteiger partial charge on any atom is -0.492 e. The molecule has 34 heavy (non-hydrogen) atoms. The lowest BCUT2D eigenvalue weighted by molar-refractivity contribution is -0.138. The Morgan fingerprint density at radius 3 is 2.79 bits per heavy atom. The second kappa shape index (κ2) is 8.68. The summed E-state index contributed by atoms with van der Waals surface area (Å²) in [7, 11) is 0. The Balaban J connectivity index is 1.67. The van der Waals surface area contributed by atoms with Crippen molar-refractivity contribution in [2.24, 2.45) is 15.9 Å². The normalized spacial score (nSPS) is 18.3. The van der Waals surface area contributed by atoms with Gasteiger partial charge in [-0.2, -0.15) is 28.4 Å². The lowest BCUT2D eigenvalue weighted by atomic mass is 9.96. The molecular weight excluding hydrogens is 487 g/mol. The average molecular weight is 506 g/mol. The molecule has 3 aromatic rings. The van der Waals surface area contributed by atoms with Crippen LogP contribution in [0.15, 0.2) is 46.6 Å². The molecule has 1 atom stereocenters. The first kappa shape index (κ1) is 22.8. The minimum absolute atomic E-state index is 0.00118. The van der Waals surface area contributed by atoms with Crippen molar-refractivity contribution < 1.29 is 18.3 Å². The van der Waals surface area contributed by atoms with E-state index in [1.165, 1.54) is 23.5 Å². The van der Waals surface area contributed by atoms with E-state index in [4.69, 9.17) is 17.3 Å². The first-order chi connectivity index (χ1) is 16.2. The molecule has 0 amide bonds. The summed E-state index contributed by atoms with van der Waals surface area (Å²) in [5, 5.41) is 20.6. The molecule has 0 spiro atoms. The van der Waals surface area contributed by atoms with E-state index in [-0.39, 0.29) is 28.9 Å². The number of hydrogen-bond donors (Lipinski definition) is 2. The van der Waals surface area contributed by atoms with E-state index < -0.39 is 11.7 Å². The SMILES string of the molecule is N[C@@H]1CCN(c2nc(O)c(C(Cc3ccc(Cl)cc3C(F)(F)F)=c3ccc4c(c3)C=NN=4)s2)C1. The molecular formula is C23H19ClF3N5OS. The van der Waals surface area contributed by atoms with E-state index in [9.17, 15) is 18.3 Å². The average Bonchev–Trinajstić information content (AvgIpc) is 3.51. The van der Waals surface area contributed by atoms with Gasteiger partial charge in [0.25, 0.3) is 0 Å². The first-order valence-corrected chi connectivity index (χ1v) is 11.7. The van der Waals surface area contributed by atoms with Crippen LogP contribution >= 0.6 is 22.9 Å². The molecule has 2 aliphatic rings. The second-order valence-electron chi connectivity index (χ2n) is 8.22. The summed E-state index contributed by atoms with van der Waals surface area (Å²) in [4.78, 5) is 6.70. The number of anilines is 1. The van der Waals surface area contributed by atoms with Crippen LogP contribution in [0.4, 0.5) is 18.3 Å². The van der Waals surface area contributed by atoms with Crippen molar-refractivity contribution in [1.82, 2.24) is 4.98 Å². The standard InChI is InChI=1S/C23H19ClF3N5OS/c24-15-3-1-13(18(9-15)23(25,26)27)8-17(12-2-4-19-14(7-12)10-29-31-19)20-21(33)30-22(34-20)32-6-5-16(28)11-32/h1-4,7,9-10,16,33H,5-6,8,11,28H2/t16-/m1/s1. The summed E-state index contributed by atoms with van der Waals surface area (Å²) in [6.45, 7) is 1.31. The van der Waals surface area contributed by atoms with Gasteiger partial charge >= 0.3 is 6.18 Å². The van der Waals surface area contributed by atoms with Gasteiger partial charge in [0.2, 0.25) is 5.88 Å². The maximum Gasteiger partial charge on any atom is 0.416 e. The molecule has 1 saturated heterocycles. The Kier molecular flexibility index (Phi) is 5.83. The van der Waals surface area contributed by atoms with Gasteiger partial charge in [0.1, 0.15) is 0 Å². The van der Waals surface area contributed by atoms with Gasteiger partial charge in [-0.1, -0.05) is 35.1 Å². The largest absolute Gasteiger partial charge is 0.492 e. The highest BCUT2D eigenvalue weighted by molar-refractivity contribution is 7.17. The van der Waals surface area contributed by atoms with Gasteiger partial charge in [0, 0.05) is 36.1 Å². The highest BCUT2D eigenvalue weighted by Crippen LogP contribution is 2.40. The molecule has 0 unspecified atom stereocenters. The van der Waals surface area contributed by atoms with E-state index >= 15 is 0 Å². The molecule has 5 rings (SSSR count). The number of halogens is 4. The molecule has 2 aliphatic heterocycles. The number of thiazole rings is 1. The predicted octanol–water partition coefficient (Wildman–Crippen LogP) is 3.47. The summed E-state index contributed by atoms with van der Waals surface area (Å²) < 4.78 is 41.4. The van der Waals surface area contributed by atoms with E-state index in [0.717, 1.165) is 18.1 Å². The van der Waals surface area contributed by atoms with Crippen LogP contribution in [0.2, 0.25) is 5.02 Å². The Hall–Kier alpha value is -2.95. The third kappa shape index (κ3) is 4.40. The Morgan fingerprint density at radius 1 is 1.24 bits per heavy atom. The number of alkyl halides is 3. The maximum atomic E-state index is 13.8. The van der Waals surface area contributed by atoms with Crippen molar-refractivity contribution in [3.05, 3.63) is 73.6 Å². The molecule has 0 aliphatic carbocycles. The lowest BCUT2D eigenvalue weighted by Crippen LogP contribution is -2.26. The topological polar surface area (TPSA) is 87.1 Å². The summed E-state index contributed by atoms with van der Waals surface area (Å²) >= 11 is 7.11. The molecule has 11 heteroatoms. The molecule has 2 aromatic carbocycles. The van der Waals surface area contributed by atoms with Gasteiger partial charge in [-0.15, -0.1) is 0 Å². The van der Waals surface area contributed by atoms with E-state index in [0.29, 0.717) is 39.2 Å². The van der Waals surface area contributed by atoms with Gasteiger partial charge < -0.3 is 15.7 Å². The van der Waals surface area contributed by atoms with Crippen LogP contribution in [-0.4, -0.2) is 35.4 Å². The van der Waals surface area contributed by atoms with Gasteiger partial charge in [-0.3, -0.25) is 0 Å². The number of benzene rings is 2. The molecule has 0 saturated carbocycles. The first-order valence-electron chi connectivity index (χ1n) is 10.5. The Morgan fingerprint density at radius 2 is 2.06 bits per heavy atom. The zero-order valence-electron chi connectivity index (χ0n) is 17.7. The van der Waals surface area contributed by atoms with E-state index in [1.54, 1.807) is 24.4 Å². The van der Waals surface area contributed by atoms with Crippen LogP contribution < -0.4 is 21.2 Å². The summed E-state index contributed by atoms with van der Waals surface area (Å²) in [5.74, 6) is -0.225. The van der Waals surface area contributed by atoms with Gasteiger partial charge in [0.05, 0.1) is 22.0 Å². The van der Waals surface area contributed by atoms with Crippen molar-refractivity contribution >= 4 is 39.9 Å². The van der Waals surface area contributed by atoms with Gasteiger partial charge in [0.15, 0.2) is 5.13 Å². The van der Waals surface area contributed by atoms with Crippen LogP contribution in [-0.2, 0) is 12.6 Å². The fourth-order valence-corrected chi connectivity index (χ4v) is 5.39. The number of rotatable bonds is 4. The van der Waals surface area contributed by atoms with Crippen LogP contribution in [0.1, 0.15) is 28.0 Å². The third-order valence-electron chi connectivity index (χ3n) is 5.85. The second-order valence-corrected chi connectivity index (χ2v) is 9.63. The summed E-state index contributed by atoms with van der Waals surface area (Å²) in [6, 6.07) is 9.06. The quantitative estimate of drug-likeness (QED) is 0.568. The zero-order chi connectivity index (χ0) is 24.0. The van der Waals surface area contributed by atoms with Crippen molar-refractivity contribution in [3.8, 4) is 5.88 Å². The molecule has 3 N–H and O–H groups in total. The number of aromatic nitrogens is 1. The molecule has 176 valence electrons. The molecule has 0 bridgehead atoms. The monoisotopic (exact) mass is 505 g/mol. The van der Waals surface area contributed by atoms with E-state index in [1.807, 2.05) is 4.90 Å². The molecule has 0 radical (unpaired) electrons. The van der Waals surface area contributed by atoms with Crippen molar-refractivity contribution in [1.29, 1.82) is 0 Å². The van der Waals surface area contributed by atoms with Gasteiger partial charge in [-0.05, 0) is 47.0 Å². The summed E-state index contributed by atoms with van der Waals surface area (Å²) in [6.07, 6.45) is -2.28. The smallest absolute Gasteiger partial charge is 0.416 e. The fourth-order valence-electron chi connectivity index (χ4n) is 4.15. The van der Waals surface area contributed by atoms with Crippen LogP contribution in [0.25, 0.3) is 5.57 Å². The van der Waals surface area contributed by atoms with Crippen molar-refractivity contribution in [3.63, 3.8) is 0 Å². The van der Waals surface area contributed by atoms with E-state index in [2.05, 4.69) is 15.2 Å². The number of aromatic hydroxyl groups is 1. The fraction of sp³-hybridized carbons (Fsp3) is 0.261. The lowest BCUT2D eigenvalue weighted by Gasteiger charge is -2.15. The van der Waals surface area contributed by atoms with Crippen molar-refractivity contribution in [2.75, 3.05) is 18.0 Å². The van der Waals surface area contributed by atoms with Crippen LogP contribution in [0.3, 0.4) is 0 Å². The molecule has 6 nitrogen and oxygen atoms in total. The molecule has 3 heterocycles. The Bertz CT molecular complexity index is 1420. The maximum absolute atomic E-state index is 13.8. The number of fused-ring (bicyclic) bond motifs is 1. The molecule has 1 aromatic heterocycles. The third-order valence-corrected chi connectivity index (χ3v) is 7.25. The summed E-state index contributed by atoms with van der Waals surface area (Å²) in [5.41, 5.74) is 6.50. The van der Waals surface area contributed by atoms with Crippen molar-refractivity contribution in [2.45, 2.75) is 25.1 Å². The minimum atomic E-state index is -4.58. The number of nitrogens with zero attached hydrogens (tertiary/aromatic N) is 4. The number of nitrogens with two attached hydrogens (primary N) is 1.